The van der Waals surface area contributed by atoms with Gasteiger partial charge in [0.1, 0.15) is 10.6 Å². The third kappa shape index (κ3) is 6.02. The zero-order chi connectivity index (χ0) is 22.4. The second-order valence-corrected chi connectivity index (χ2v) is 10.4. The number of benzene rings is 2. The summed E-state index contributed by atoms with van der Waals surface area (Å²) in [7, 11) is -6.50. The van der Waals surface area contributed by atoms with E-state index in [1.165, 1.54) is 36.9 Å². The number of carbonyl (C=O) groups is 1. The zero-order valence-electron chi connectivity index (χ0n) is 16.6. The number of amides is 1. The summed E-state index contributed by atoms with van der Waals surface area (Å²) >= 11 is 0. The fraction of sp³-hybridized carbons (Fsp3) is 0.316. The van der Waals surface area contributed by atoms with Gasteiger partial charge < -0.3 is 4.74 Å². The Bertz CT molecular complexity index is 1080. The fourth-order valence-electron chi connectivity index (χ4n) is 2.79. The van der Waals surface area contributed by atoms with E-state index in [9.17, 15) is 21.6 Å². The first-order chi connectivity index (χ1) is 14.1. The lowest BCUT2D eigenvalue weighted by atomic mass is 10.1. The molecule has 0 saturated heterocycles. The molecule has 0 aliphatic carbocycles. The van der Waals surface area contributed by atoms with Gasteiger partial charge in [-0.3, -0.25) is 10.0 Å². The largest absolute Gasteiger partial charge is 0.497 e. The van der Waals surface area contributed by atoms with Crippen molar-refractivity contribution in [3.8, 4) is 5.75 Å². The van der Waals surface area contributed by atoms with Crippen molar-refractivity contribution in [2.75, 3.05) is 26.5 Å². The van der Waals surface area contributed by atoms with Crippen LogP contribution in [0.25, 0.3) is 0 Å². The van der Waals surface area contributed by atoms with Gasteiger partial charge in [0.05, 0.1) is 12.0 Å². The summed E-state index contributed by atoms with van der Waals surface area (Å²) in [6.45, 7) is -0.228. The summed E-state index contributed by atoms with van der Waals surface area (Å²) in [5.74, 6) is -0.0963. The molecule has 0 aliphatic rings. The topological polar surface area (TPSA) is 130 Å². The number of carbonyl (C=O) groups excluding carboxylic acids is 1. The molecule has 0 radical (unpaired) electrons. The van der Waals surface area contributed by atoms with Crippen molar-refractivity contribution in [1.82, 2.24) is 9.79 Å². The van der Waals surface area contributed by atoms with E-state index in [2.05, 4.69) is 0 Å². The Morgan fingerprint density at radius 3 is 2.13 bits per heavy atom. The number of nitrogens with one attached hydrogen (secondary N) is 1. The van der Waals surface area contributed by atoms with Gasteiger partial charge in [-0.15, -0.1) is 0 Å². The Morgan fingerprint density at radius 1 is 1.00 bits per heavy atom. The maximum absolute atomic E-state index is 13.3. The number of methoxy groups -OCH3 is 1. The molecule has 2 aromatic rings. The normalized spacial score (nSPS) is 12.0. The van der Waals surface area contributed by atoms with Crippen LogP contribution in [0, 0.1) is 0 Å². The molecule has 9 nitrogen and oxygen atoms in total. The lowest BCUT2D eigenvalue weighted by Gasteiger charge is -2.23. The third-order valence-corrected chi connectivity index (χ3v) is 7.63. The number of rotatable bonds is 10. The van der Waals surface area contributed by atoms with Crippen LogP contribution in [-0.2, 0) is 31.1 Å². The first-order valence-corrected chi connectivity index (χ1v) is 12.3. The number of nitrogens with zero attached hydrogens (tertiary/aromatic N) is 1. The summed E-state index contributed by atoms with van der Waals surface area (Å²) in [6, 6.07) is 12.4. The maximum Gasteiger partial charge on any atom is 0.244 e. The van der Waals surface area contributed by atoms with E-state index >= 15 is 0 Å². The highest BCUT2D eigenvalue weighted by Crippen LogP contribution is 2.25. The van der Waals surface area contributed by atoms with Gasteiger partial charge >= 0.3 is 0 Å². The lowest BCUT2D eigenvalue weighted by Crippen LogP contribution is -2.36. The molecule has 2 rings (SSSR count). The SMILES string of the molecule is COc1ccc(CCN(CCC(=O)NO)S(=O)(=O)c2ccccc2S(C)(=O)=O)cc1. The summed E-state index contributed by atoms with van der Waals surface area (Å²) in [5, 5.41) is 8.72. The predicted molar refractivity (Wildman–Crippen MR) is 110 cm³/mol. The molecule has 0 saturated carbocycles. The second kappa shape index (κ2) is 10.0. The minimum absolute atomic E-state index is 0.00542. The van der Waals surface area contributed by atoms with E-state index in [1.54, 1.807) is 24.3 Å². The number of hydroxylamine groups is 1. The van der Waals surface area contributed by atoms with E-state index in [1.807, 2.05) is 0 Å². The van der Waals surface area contributed by atoms with Gasteiger partial charge in [-0.1, -0.05) is 24.3 Å². The highest BCUT2D eigenvalue weighted by Gasteiger charge is 2.30. The van der Waals surface area contributed by atoms with E-state index in [-0.39, 0.29) is 29.3 Å². The fourth-order valence-corrected chi connectivity index (χ4v) is 5.83. The van der Waals surface area contributed by atoms with Crippen LogP contribution in [-0.4, -0.2) is 58.7 Å². The summed E-state index contributed by atoms with van der Waals surface area (Å²) in [5.41, 5.74) is 2.30. The van der Waals surface area contributed by atoms with Crippen molar-refractivity contribution in [2.24, 2.45) is 0 Å². The zero-order valence-corrected chi connectivity index (χ0v) is 18.2. The highest BCUT2D eigenvalue weighted by atomic mass is 32.2. The smallest absolute Gasteiger partial charge is 0.244 e. The Morgan fingerprint density at radius 2 is 1.60 bits per heavy atom. The van der Waals surface area contributed by atoms with E-state index in [4.69, 9.17) is 9.94 Å². The number of sulfone groups is 1. The van der Waals surface area contributed by atoms with Crippen molar-refractivity contribution in [2.45, 2.75) is 22.6 Å². The van der Waals surface area contributed by atoms with Crippen LogP contribution < -0.4 is 10.2 Å². The third-order valence-electron chi connectivity index (χ3n) is 4.39. The molecule has 0 fully saturated rings. The molecule has 2 N–H and O–H groups in total. The molecule has 0 aliphatic heterocycles. The van der Waals surface area contributed by atoms with E-state index in [0.717, 1.165) is 16.1 Å². The Kier molecular flexibility index (Phi) is 7.96. The molecule has 30 heavy (non-hydrogen) atoms. The van der Waals surface area contributed by atoms with Crippen molar-refractivity contribution >= 4 is 25.8 Å². The van der Waals surface area contributed by atoms with Crippen molar-refractivity contribution in [3.63, 3.8) is 0 Å². The average Bonchev–Trinajstić information content (AvgIpc) is 2.73. The van der Waals surface area contributed by atoms with Gasteiger partial charge in [0.2, 0.25) is 15.9 Å². The first kappa shape index (κ1) is 23.8. The number of hydrogen-bond acceptors (Lipinski definition) is 7. The average molecular weight is 457 g/mol. The summed E-state index contributed by atoms with van der Waals surface area (Å²) in [4.78, 5) is 10.8. The van der Waals surface area contributed by atoms with E-state index in [0.29, 0.717) is 12.2 Å². The molecule has 0 aromatic heterocycles. The van der Waals surface area contributed by atoms with E-state index < -0.39 is 25.8 Å². The number of ether oxygens (including phenoxy) is 1. The van der Waals surface area contributed by atoms with Crippen molar-refractivity contribution in [1.29, 1.82) is 0 Å². The molecule has 1 amide bonds. The van der Waals surface area contributed by atoms with Crippen LogP contribution in [0.1, 0.15) is 12.0 Å². The minimum atomic E-state index is -4.23. The molecular formula is C19H24N2O7S2. The molecule has 0 unspecified atom stereocenters. The number of hydrogen-bond donors (Lipinski definition) is 2. The van der Waals surface area contributed by atoms with Crippen LogP contribution in [0.3, 0.4) is 0 Å². The molecule has 164 valence electrons. The molecule has 2 aromatic carbocycles. The predicted octanol–water partition coefficient (Wildman–Crippen LogP) is 1.23. The summed E-state index contributed by atoms with van der Waals surface area (Å²) < 4.78 is 56.8. The lowest BCUT2D eigenvalue weighted by molar-refractivity contribution is -0.129. The standard InChI is InChI=1S/C19H24N2O7S2/c1-28-16-9-7-15(8-10-16)11-13-21(14-12-19(22)20-23)30(26,27)18-6-4-3-5-17(18)29(2,24)25/h3-10,23H,11-14H2,1-2H3,(H,20,22). The van der Waals surface area contributed by atoms with Gasteiger partial charge in [-0.05, 0) is 36.2 Å². The first-order valence-electron chi connectivity index (χ1n) is 8.94. The van der Waals surface area contributed by atoms with Crippen LogP contribution >= 0.6 is 0 Å². The van der Waals surface area contributed by atoms with Gasteiger partial charge in [0.15, 0.2) is 9.84 Å². The second-order valence-electron chi connectivity index (χ2n) is 6.51. The molecular weight excluding hydrogens is 432 g/mol. The van der Waals surface area contributed by atoms with Crippen LogP contribution in [0.15, 0.2) is 58.3 Å². The van der Waals surface area contributed by atoms with Gasteiger partial charge in [0.25, 0.3) is 0 Å². The molecule has 0 atom stereocenters. The Balaban J connectivity index is 2.36. The van der Waals surface area contributed by atoms with Crippen molar-refractivity contribution in [3.05, 3.63) is 54.1 Å². The molecule has 11 heteroatoms. The highest BCUT2D eigenvalue weighted by molar-refractivity contribution is 7.93. The maximum atomic E-state index is 13.3. The summed E-state index contributed by atoms with van der Waals surface area (Å²) in [6.07, 6.45) is 0.965. The van der Waals surface area contributed by atoms with Gasteiger partial charge in [-0.2, -0.15) is 4.31 Å². The Labute approximate surface area is 176 Å². The quantitative estimate of drug-likeness (QED) is 0.406. The van der Waals surface area contributed by atoms with Gasteiger partial charge in [0, 0.05) is 25.8 Å². The monoisotopic (exact) mass is 456 g/mol. The molecule has 0 bridgehead atoms. The Hall–Kier alpha value is -2.47. The van der Waals surface area contributed by atoms with Crippen LogP contribution in [0.2, 0.25) is 0 Å². The van der Waals surface area contributed by atoms with Crippen molar-refractivity contribution < 1.29 is 31.6 Å². The molecule has 0 spiro atoms. The number of sulfonamides is 1. The van der Waals surface area contributed by atoms with Gasteiger partial charge in [-0.25, -0.2) is 22.3 Å². The minimum Gasteiger partial charge on any atom is -0.497 e. The van der Waals surface area contributed by atoms with Crippen LogP contribution in [0.4, 0.5) is 0 Å². The van der Waals surface area contributed by atoms with Crippen LogP contribution in [0.5, 0.6) is 5.75 Å². The molecule has 0 heterocycles.